The molecule has 0 aliphatic carbocycles. The summed E-state index contributed by atoms with van der Waals surface area (Å²) < 4.78 is 16.6. The lowest BCUT2D eigenvalue weighted by atomic mass is 9.99. The van der Waals surface area contributed by atoms with E-state index in [0.29, 0.717) is 24.5 Å². The molecule has 0 saturated heterocycles. The van der Waals surface area contributed by atoms with Crippen molar-refractivity contribution in [1.82, 2.24) is 0 Å². The van der Waals surface area contributed by atoms with Crippen LogP contribution in [0.25, 0.3) is 0 Å². The van der Waals surface area contributed by atoms with E-state index in [1.54, 1.807) is 18.2 Å². The summed E-state index contributed by atoms with van der Waals surface area (Å²) in [4.78, 5) is 11.8. The smallest absolute Gasteiger partial charge is 0.315 e. The first-order chi connectivity index (χ1) is 11.1. The summed E-state index contributed by atoms with van der Waals surface area (Å²) in [5.74, 6) is -0.653. The molecule has 1 aromatic carbocycles. The van der Waals surface area contributed by atoms with Gasteiger partial charge in [-0.25, -0.2) is 0 Å². The van der Waals surface area contributed by atoms with Gasteiger partial charge in [-0.15, -0.1) is 0 Å². The molecule has 0 saturated carbocycles. The number of ether oxygens (including phenoxy) is 2. The molecule has 0 spiro atoms. The monoisotopic (exact) mass is 354 g/mol. The summed E-state index contributed by atoms with van der Waals surface area (Å²) in [6.07, 6.45) is 0. The van der Waals surface area contributed by atoms with Gasteiger partial charge in [0.2, 0.25) is 0 Å². The van der Waals surface area contributed by atoms with Crippen LogP contribution in [0.3, 0.4) is 0 Å². The fourth-order valence-electron chi connectivity index (χ4n) is 2.01. The van der Waals surface area contributed by atoms with Crippen molar-refractivity contribution >= 4 is 14.3 Å². The first-order valence-corrected chi connectivity index (χ1v) is 11.1. The van der Waals surface area contributed by atoms with Crippen LogP contribution in [-0.4, -0.2) is 46.3 Å². The van der Waals surface area contributed by atoms with E-state index in [2.05, 4.69) is 33.9 Å². The Labute approximate surface area is 146 Å². The van der Waals surface area contributed by atoms with Crippen LogP contribution in [0, 0.1) is 0 Å². The largest absolute Gasteiger partial charge is 0.491 e. The van der Waals surface area contributed by atoms with E-state index in [1.165, 1.54) is 7.11 Å². The number of esters is 1. The van der Waals surface area contributed by atoms with Crippen LogP contribution in [0.2, 0.25) is 18.1 Å². The van der Waals surface area contributed by atoms with Crippen molar-refractivity contribution < 1.29 is 23.8 Å². The molecule has 5 nitrogen and oxygen atoms in total. The van der Waals surface area contributed by atoms with Crippen LogP contribution in [-0.2, 0) is 14.0 Å². The molecule has 1 atom stereocenters. The first kappa shape index (κ1) is 20.7. The molecule has 0 bridgehead atoms. The number of carbonyl (C=O) groups excluding carboxylic acids is 1. The maximum Gasteiger partial charge on any atom is 0.315 e. The van der Waals surface area contributed by atoms with Gasteiger partial charge >= 0.3 is 5.97 Å². The SMILES string of the molecule is COC(=O)C(CO)c1ccccc1OCCO[Si](C)(C)C(C)(C)C. The quantitative estimate of drug-likeness (QED) is 0.441. The van der Waals surface area contributed by atoms with E-state index in [-0.39, 0.29) is 11.6 Å². The molecule has 0 amide bonds. The summed E-state index contributed by atoms with van der Waals surface area (Å²) in [5.41, 5.74) is 0.624. The van der Waals surface area contributed by atoms with Gasteiger partial charge in [0, 0.05) is 5.56 Å². The van der Waals surface area contributed by atoms with E-state index < -0.39 is 20.2 Å². The van der Waals surface area contributed by atoms with Crippen LogP contribution in [0.1, 0.15) is 32.3 Å². The Bertz CT molecular complexity index is 536. The average Bonchev–Trinajstić information content (AvgIpc) is 2.52. The minimum absolute atomic E-state index is 0.151. The molecule has 0 aliphatic rings. The summed E-state index contributed by atoms with van der Waals surface area (Å²) in [7, 11) is -0.496. The predicted octanol–water partition coefficient (Wildman–Crippen LogP) is 3.34. The first-order valence-electron chi connectivity index (χ1n) is 8.18. The second kappa shape index (κ2) is 8.64. The second-order valence-corrected chi connectivity index (χ2v) is 12.1. The molecule has 0 aliphatic heterocycles. The van der Waals surface area contributed by atoms with Crippen LogP contribution in [0.5, 0.6) is 5.75 Å². The molecular weight excluding hydrogens is 324 g/mol. The Morgan fingerprint density at radius 3 is 2.38 bits per heavy atom. The number of carbonyl (C=O) groups is 1. The molecule has 1 N–H and O–H groups in total. The molecule has 0 heterocycles. The summed E-state index contributed by atoms with van der Waals surface area (Å²) in [6, 6.07) is 7.19. The molecule has 1 aromatic rings. The van der Waals surface area contributed by atoms with Crippen molar-refractivity contribution in [3.8, 4) is 5.75 Å². The molecule has 0 fully saturated rings. The average molecular weight is 355 g/mol. The number of rotatable bonds is 8. The van der Waals surface area contributed by atoms with Crippen LogP contribution in [0.15, 0.2) is 24.3 Å². The van der Waals surface area contributed by atoms with Crippen LogP contribution in [0.4, 0.5) is 0 Å². The van der Waals surface area contributed by atoms with E-state index >= 15 is 0 Å². The lowest BCUT2D eigenvalue weighted by Crippen LogP contribution is -2.41. The van der Waals surface area contributed by atoms with Gasteiger partial charge in [-0.3, -0.25) is 4.79 Å². The van der Waals surface area contributed by atoms with Gasteiger partial charge in [0.05, 0.1) is 20.3 Å². The second-order valence-electron chi connectivity index (χ2n) is 7.25. The van der Waals surface area contributed by atoms with Gasteiger partial charge in [0.15, 0.2) is 8.32 Å². The number of para-hydroxylation sites is 1. The maximum absolute atomic E-state index is 11.8. The highest BCUT2D eigenvalue weighted by molar-refractivity contribution is 6.74. The van der Waals surface area contributed by atoms with Gasteiger partial charge in [0.25, 0.3) is 0 Å². The Morgan fingerprint density at radius 1 is 1.21 bits per heavy atom. The zero-order chi connectivity index (χ0) is 18.4. The van der Waals surface area contributed by atoms with E-state index in [4.69, 9.17) is 13.9 Å². The Hall–Kier alpha value is -1.37. The third kappa shape index (κ3) is 5.33. The van der Waals surface area contributed by atoms with Crippen molar-refractivity contribution in [2.75, 3.05) is 26.9 Å². The van der Waals surface area contributed by atoms with E-state index in [1.807, 2.05) is 6.07 Å². The minimum atomic E-state index is -1.80. The Kier molecular flexibility index (Phi) is 7.44. The lowest BCUT2D eigenvalue weighted by Gasteiger charge is -2.36. The molecule has 24 heavy (non-hydrogen) atoms. The molecule has 6 heteroatoms. The summed E-state index contributed by atoms with van der Waals surface area (Å²) in [5, 5.41) is 9.65. The molecule has 136 valence electrons. The van der Waals surface area contributed by atoms with Gasteiger partial charge in [0.1, 0.15) is 18.3 Å². The normalized spacial score (nSPS) is 13.5. The Balaban J connectivity index is 2.72. The van der Waals surface area contributed by atoms with E-state index in [0.717, 1.165) is 0 Å². The molecular formula is C18H30O5Si. The van der Waals surface area contributed by atoms with Crippen LogP contribution >= 0.6 is 0 Å². The highest BCUT2D eigenvalue weighted by atomic mass is 28.4. The standard InChI is InChI=1S/C18H30O5Si/c1-18(2,3)24(5,6)23-12-11-22-16-10-8-7-9-14(16)15(13-19)17(20)21-4/h7-10,15,19H,11-13H2,1-6H3. The van der Waals surface area contributed by atoms with Crippen molar-refractivity contribution in [3.63, 3.8) is 0 Å². The molecule has 1 unspecified atom stereocenters. The van der Waals surface area contributed by atoms with Crippen LogP contribution < -0.4 is 4.74 Å². The summed E-state index contributed by atoms with van der Waals surface area (Å²) >= 11 is 0. The van der Waals surface area contributed by atoms with Crippen molar-refractivity contribution in [1.29, 1.82) is 0 Å². The lowest BCUT2D eigenvalue weighted by molar-refractivity contribution is -0.143. The number of methoxy groups -OCH3 is 1. The highest BCUT2D eigenvalue weighted by Gasteiger charge is 2.37. The number of benzene rings is 1. The third-order valence-corrected chi connectivity index (χ3v) is 9.11. The zero-order valence-corrected chi connectivity index (χ0v) is 16.6. The molecule has 0 radical (unpaired) electrons. The predicted molar refractivity (Wildman–Crippen MR) is 96.9 cm³/mol. The topological polar surface area (TPSA) is 65.0 Å². The van der Waals surface area contributed by atoms with Crippen molar-refractivity contribution in [2.45, 2.75) is 44.8 Å². The zero-order valence-electron chi connectivity index (χ0n) is 15.6. The molecule has 0 aromatic heterocycles. The maximum atomic E-state index is 11.8. The fraction of sp³-hybridized carbons (Fsp3) is 0.611. The number of hydrogen-bond acceptors (Lipinski definition) is 5. The van der Waals surface area contributed by atoms with Gasteiger partial charge in [-0.05, 0) is 24.2 Å². The Morgan fingerprint density at radius 2 is 1.83 bits per heavy atom. The van der Waals surface area contributed by atoms with E-state index in [9.17, 15) is 9.90 Å². The van der Waals surface area contributed by atoms with Crippen molar-refractivity contribution in [3.05, 3.63) is 29.8 Å². The van der Waals surface area contributed by atoms with Gasteiger partial charge in [-0.1, -0.05) is 39.0 Å². The van der Waals surface area contributed by atoms with Gasteiger partial charge < -0.3 is 19.0 Å². The third-order valence-electron chi connectivity index (χ3n) is 4.57. The van der Waals surface area contributed by atoms with Gasteiger partial charge in [-0.2, -0.15) is 0 Å². The highest BCUT2D eigenvalue weighted by Crippen LogP contribution is 2.36. The summed E-state index contributed by atoms with van der Waals surface area (Å²) in [6.45, 7) is 11.5. The number of aliphatic hydroxyl groups excluding tert-OH is 1. The number of hydrogen-bond donors (Lipinski definition) is 1. The number of aliphatic hydroxyl groups is 1. The molecule has 1 rings (SSSR count). The minimum Gasteiger partial charge on any atom is -0.491 e. The fourth-order valence-corrected chi connectivity index (χ4v) is 3.03. The van der Waals surface area contributed by atoms with Crippen molar-refractivity contribution in [2.24, 2.45) is 0 Å².